The van der Waals surface area contributed by atoms with Crippen molar-refractivity contribution in [3.05, 3.63) is 35.4 Å². The summed E-state index contributed by atoms with van der Waals surface area (Å²) >= 11 is 0. The van der Waals surface area contributed by atoms with Gasteiger partial charge in [-0.25, -0.2) is 4.68 Å². The van der Waals surface area contributed by atoms with Gasteiger partial charge in [0, 0.05) is 12.2 Å². The minimum atomic E-state index is -0.691. The van der Waals surface area contributed by atoms with Gasteiger partial charge in [-0.3, -0.25) is 4.79 Å². The second-order valence-corrected chi connectivity index (χ2v) is 6.49. The fraction of sp³-hybridized carbons (Fsp3) is 0.579. The maximum Gasteiger partial charge on any atom is 0.258 e. The molecule has 5 heteroatoms. The zero-order valence-electron chi connectivity index (χ0n) is 14.8. The molecule has 1 aromatic rings. The lowest BCUT2D eigenvalue weighted by Gasteiger charge is -2.26. The van der Waals surface area contributed by atoms with E-state index in [4.69, 9.17) is 0 Å². The molecule has 0 radical (unpaired) electrons. The van der Waals surface area contributed by atoms with Crippen molar-refractivity contribution < 1.29 is 9.18 Å². The van der Waals surface area contributed by atoms with Gasteiger partial charge in [0.05, 0.1) is 5.69 Å². The molecule has 4 nitrogen and oxygen atoms in total. The third-order valence-electron chi connectivity index (χ3n) is 4.42. The van der Waals surface area contributed by atoms with Gasteiger partial charge in [0.1, 0.15) is 5.56 Å². The van der Waals surface area contributed by atoms with Crippen LogP contribution < -0.4 is 5.32 Å². The normalized spacial score (nSPS) is 14.8. The van der Waals surface area contributed by atoms with Gasteiger partial charge in [-0.15, -0.1) is 5.10 Å². The molecule has 0 bridgehead atoms. The van der Waals surface area contributed by atoms with E-state index in [1.54, 1.807) is 6.20 Å². The molecule has 0 atom stereocenters. The monoisotopic (exact) mass is 333 g/mol. The summed E-state index contributed by atoms with van der Waals surface area (Å²) in [5, 5.41) is 6.84. The summed E-state index contributed by atoms with van der Waals surface area (Å²) in [6, 6.07) is 0.180. The number of carbonyl (C=O) groups is 1. The zero-order valence-corrected chi connectivity index (χ0v) is 14.8. The van der Waals surface area contributed by atoms with Gasteiger partial charge < -0.3 is 5.32 Å². The van der Waals surface area contributed by atoms with E-state index in [0.29, 0.717) is 12.1 Å². The average molecular weight is 333 g/mol. The number of hydrogen-bond donors (Lipinski definition) is 1. The number of unbranched alkanes of at least 4 members (excludes halogenated alkanes) is 1. The van der Waals surface area contributed by atoms with Crippen LogP contribution >= 0.6 is 0 Å². The molecular weight excluding hydrogens is 305 g/mol. The summed E-state index contributed by atoms with van der Waals surface area (Å²) in [6.07, 6.45) is 11.0. The molecule has 1 saturated carbocycles. The molecule has 1 heterocycles. The largest absolute Gasteiger partial charge is 0.349 e. The van der Waals surface area contributed by atoms with E-state index >= 15 is 0 Å². The van der Waals surface area contributed by atoms with Crippen LogP contribution in [-0.2, 0) is 6.42 Å². The smallest absolute Gasteiger partial charge is 0.258 e. The van der Waals surface area contributed by atoms with Crippen LogP contribution in [0.25, 0.3) is 6.20 Å². The van der Waals surface area contributed by atoms with Crippen molar-refractivity contribution in [3.8, 4) is 0 Å². The molecule has 1 amide bonds. The molecule has 2 rings (SSSR count). The maximum absolute atomic E-state index is 14.3. The molecule has 24 heavy (non-hydrogen) atoms. The lowest BCUT2D eigenvalue weighted by molar-refractivity contribution is 0.0911. The van der Waals surface area contributed by atoms with Crippen LogP contribution in [0.2, 0.25) is 0 Å². The first-order valence-electron chi connectivity index (χ1n) is 9.00. The molecule has 1 aromatic heterocycles. The Balaban J connectivity index is 2.24. The number of amides is 1. The van der Waals surface area contributed by atoms with Crippen LogP contribution in [0.3, 0.4) is 0 Å². The summed E-state index contributed by atoms with van der Waals surface area (Å²) in [5.74, 6) is -1.03. The van der Waals surface area contributed by atoms with Gasteiger partial charge in [0.2, 0.25) is 5.95 Å². The van der Waals surface area contributed by atoms with E-state index in [0.717, 1.165) is 50.5 Å². The second-order valence-electron chi connectivity index (χ2n) is 6.49. The minimum Gasteiger partial charge on any atom is -0.349 e. The van der Waals surface area contributed by atoms with Crippen molar-refractivity contribution in [2.24, 2.45) is 0 Å². The quantitative estimate of drug-likeness (QED) is 0.678. The second kappa shape index (κ2) is 8.81. The number of nitrogens with one attached hydrogen (secondary N) is 1. The van der Waals surface area contributed by atoms with Crippen LogP contribution in [0.1, 0.15) is 74.8 Å². The number of rotatable bonds is 9. The molecule has 1 aliphatic carbocycles. The Bertz CT molecular complexity index is 614. The highest BCUT2D eigenvalue weighted by atomic mass is 19.1. The van der Waals surface area contributed by atoms with E-state index in [1.165, 1.54) is 4.68 Å². The van der Waals surface area contributed by atoms with Crippen molar-refractivity contribution in [3.63, 3.8) is 0 Å². The Morgan fingerprint density at radius 1 is 1.42 bits per heavy atom. The SMILES string of the molecule is C=C(/C=C\n1nc(F)c(C(=O)NC2CCC2)c1CCCC)CCC. The fourth-order valence-corrected chi connectivity index (χ4v) is 2.76. The molecule has 0 unspecified atom stereocenters. The van der Waals surface area contributed by atoms with Crippen molar-refractivity contribution in [2.75, 3.05) is 0 Å². The van der Waals surface area contributed by atoms with Gasteiger partial charge in [0.25, 0.3) is 5.91 Å². The Kier molecular flexibility index (Phi) is 6.76. The molecular formula is C19H28FN3O. The average Bonchev–Trinajstić information content (AvgIpc) is 2.82. The Morgan fingerprint density at radius 3 is 2.75 bits per heavy atom. The number of carbonyl (C=O) groups excluding carboxylic acids is 1. The molecule has 1 aliphatic rings. The van der Waals surface area contributed by atoms with Crippen LogP contribution in [0, 0.1) is 5.95 Å². The number of allylic oxidation sites excluding steroid dienone is 2. The predicted octanol–water partition coefficient (Wildman–Crippen LogP) is 4.47. The summed E-state index contributed by atoms with van der Waals surface area (Å²) in [7, 11) is 0. The molecule has 132 valence electrons. The van der Waals surface area contributed by atoms with Gasteiger partial charge in [-0.2, -0.15) is 4.39 Å². The number of hydrogen-bond acceptors (Lipinski definition) is 2. The van der Waals surface area contributed by atoms with E-state index in [9.17, 15) is 9.18 Å². The predicted molar refractivity (Wildman–Crippen MR) is 95.3 cm³/mol. The third-order valence-corrected chi connectivity index (χ3v) is 4.42. The summed E-state index contributed by atoms with van der Waals surface area (Å²) in [6.45, 7) is 8.13. The lowest BCUT2D eigenvalue weighted by atomic mass is 9.93. The van der Waals surface area contributed by atoms with Crippen LogP contribution in [0.4, 0.5) is 4.39 Å². The summed E-state index contributed by atoms with van der Waals surface area (Å²) < 4.78 is 15.8. The minimum absolute atomic E-state index is 0.0982. The highest BCUT2D eigenvalue weighted by molar-refractivity contribution is 5.95. The first kappa shape index (κ1) is 18.4. The zero-order chi connectivity index (χ0) is 17.5. The maximum atomic E-state index is 14.3. The molecule has 0 aromatic carbocycles. The highest BCUT2D eigenvalue weighted by Crippen LogP contribution is 2.21. The number of nitrogens with zero attached hydrogens (tertiary/aromatic N) is 2. The number of halogens is 1. The van der Waals surface area contributed by atoms with Gasteiger partial charge in [-0.1, -0.05) is 38.8 Å². The Hall–Kier alpha value is -1.91. The van der Waals surface area contributed by atoms with Crippen LogP contribution in [0.15, 0.2) is 18.2 Å². The molecule has 0 aliphatic heterocycles. The standard InChI is InChI=1S/C19H28FN3O/c1-4-6-11-16-17(19(24)21-15-9-7-10-15)18(20)22-23(16)13-12-14(3)8-5-2/h12-13,15H,3-11H2,1-2H3,(H,21,24)/b13-12-. The van der Waals surface area contributed by atoms with Crippen LogP contribution in [-0.4, -0.2) is 21.7 Å². The first-order valence-corrected chi connectivity index (χ1v) is 9.00. The lowest BCUT2D eigenvalue weighted by Crippen LogP contribution is -2.40. The topological polar surface area (TPSA) is 46.9 Å². The fourth-order valence-electron chi connectivity index (χ4n) is 2.76. The van der Waals surface area contributed by atoms with Crippen molar-refractivity contribution >= 4 is 12.1 Å². The molecule has 1 N–H and O–H groups in total. The molecule has 0 saturated heterocycles. The van der Waals surface area contributed by atoms with E-state index in [-0.39, 0.29) is 17.5 Å². The van der Waals surface area contributed by atoms with E-state index in [2.05, 4.69) is 30.8 Å². The van der Waals surface area contributed by atoms with Crippen molar-refractivity contribution in [1.82, 2.24) is 15.1 Å². The van der Waals surface area contributed by atoms with Gasteiger partial charge in [0.15, 0.2) is 0 Å². The number of aromatic nitrogens is 2. The Labute approximate surface area is 143 Å². The van der Waals surface area contributed by atoms with Crippen LogP contribution in [0.5, 0.6) is 0 Å². The highest BCUT2D eigenvalue weighted by Gasteiger charge is 2.27. The first-order chi connectivity index (χ1) is 11.6. The molecule has 1 fully saturated rings. The molecule has 0 spiro atoms. The van der Waals surface area contributed by atoms with Crippen molar-refractivity contribution in [2.45, 2.75) is 71.3 Å². The van der Waals surface area contributed by atoms with E-state index in [1.807, 2.05) is 6.08 Å². The third kappa shape index (κ3) is 4.56. The van der Waals surface area contributed by atoms with E-state index < -0.39 is 5.95 Å². The summed E-state index contributed by atoms with van der Waals surface area (Å²) in [5.41, 5.74) is 1.71. The summed E-state index contributed by atoms with van der Waals surface area (Å²) in [4.78, 5) is 12.5. The van der Waals surface area contributed by atoms with Gasteiger partial charge >= 0.3 is 0 Å². The Morgan fingerprint density at radius 2 is 2.17 bits per heavy atom. The van der Waals surface area contributed by atoms with Crippen molar-refractivity contribution in [1.29, 1.82) is 0 Å². The van der Waals surface area contributed by atoms with Gasteiger partial charge in [-0.05, 0) is 44.6 Å².